The standard InChI is InChI=1S/C24H22ClN5O2/c1-16-7-8-17-14-20(27-19(17)13-16)23(31)29-11-9-28(10-12-29)21-15-26-30(24(32)22(21)25)18-5-3-2-4-6-18/h2-8,13-15,27H,9-12H2,1H3. The first-order chi connectivity index (χ1) is 15.5. The Hall–Kier alpha value is -3.58. The molecule has 2 aromatic carbocycles. The molecule has 1 saturated heterocycles. The molecule has 1 N–H and O–H groups in total. The van der Waals surface area contributed by atoms with Crippen LogP contribution in [0.3, 0.4) is 0 Å². The number of hydrogen-bond donors (Lipinski definition) is 1. The number of H-pyrrole nitrogens is 1. The van der Waals surface area contributed by atoms with Gasteiger partial charge in [0.25, 0.3) is 11.5 Å². The highest BCUT2D eigenvalue weighted by Gasteiger charge is 2.25. The van der Waals surface area contributed by atoms with Gasteiger partial charge in [-0.25, -0.2) is 0 Å². The minimum atomic E-state index is -0.359. The van der Waals surface area contributed by atoms with Gasteiger partial charge in [-0.15, -0.1) is 0 Å². The highest BCUT2D eigenvalue weighted by molar-refractivity contribution is 6.33. The van der Waals surface area contributed by atoms with Crippen LogP contribution >= 0.6 is 11.6 Å². The number of halogens is 1. The minimum Gasteiger partial charge on any atom is -0.365 e. The van der Waals surface area contributed by atoms with Gasteiger partial charge in [0.15, 0.2) is 0 Å². The summed E-state index contributed by atoms with van der Waals surface area (Å²) in [6, 6.07) is 17.2. The normalized spacial score (nSPS) is 14.2. The fourth-order valence-corrected chi connectivity index (χ4v) is 4.32. The smallest absolute Gasteiger partial charge is 0.292 e. The molecular formula is C24H22ClN5O2. The molecule has 1 amide bonds. The third kappa shape index (κ3) is 3.65. The number of anilines is 1. The van der Waals surface area contributed by atoms with Crippen LogP contribution in [0.5, 0.6) is 0 Å². The van der Waals surface area contributed by atoms with Crippen molar-refractivity contribution >= 4 is 34.1 Å². The quantitative estimate of drug-likeness (QED) is 0.520. The number of aromatic amines is 1. The number of carbonyl (C=O) groups excluding carboxylic acids is 1. The SMILES string of the molecule is Cc1ccc2cc(C(=O)N3CCN(c4cnn(-c5ccccc5)c(=O)c4Cl)CC3)[nH]c2c1. The van der Waals surface area contributed by atoms with Crippen molar-refractivity contribution in [3.05, 3.63) is 87.4 Å². The summed E-state index contributed by atoms with van der Waals surface area (Å²) in [6.07, 6.45) is 1.62. The molecule has 1 fully saturated rings. The van der Waals surface area contributed by atoms with E-state index in [0.29, 0.717) is 43.2 Å². The fraction of sp³-hybridized carbons (Fsp3) is 0.208. The minimum absolute atomic E-state index is 0.0257. The molecular weight excluding hydrogens is 426 g/mol. The monoisotopic (exact) mass is 447 g/mol. The predicted molar refractivity (Wildman–Crippen MR) is 126 cm³/mol. The highest BCUT2D eigenvalue weighted by Crippen LogP contribution is 2.24. The van der Waals surface area contributed by atoms with Crippen LogP contribution in [0.2, 0.25) is 5.02 Å². The van der Waals surface area contributed by atoms with E-state index in [1.54, 1.807) is 18.3 Å². The number of amides is 1. The van der Waals surface area contributed by atoms with Crippen molar-refractivity contribution in [2.45, 2.75) is 6.92 Å². The first-order valence-corrected chi connectivity index (χ1v) is 10.9. The van der Waals surface area contributed by atoms with Gasteiger partial charge in [0.05, 0.1) is 17.6 Å². The Kier molecular flexibility index (Phi) is 5.19. The van der Waals surface area contributed by atoms with E-state index < -0.39 is 0 Å². The van der Waals surface area contributed by atoms with Gasteiger partial charge in [0.1, 0.15) is 10.7 Å². The Bertz CT molecular complexity index is 1350. The summed E-state index contributed by atoms with van der Waals surface area (Å²) < 4.78 is 1.29. The summed E-state index contributed by atoms with van der Waals surface area (Å²) in [5.41, 5.74) is 3.59. The molecule has 5 rings (SSSR count). The lowest BCUT2D eigenvalue weighted by Crippen LogP contribution is -2.49. The number of hydrogen-bond acceptors (Lipinski definition) is 4. The van der Waals surface area contributed by atoms with Crippen LogP contribution in [0.15, 0.2) is 65.6 Å². The number of aromatic nitrogens is 3. The summed E-state index contributed by atoms with van der Waals surface area (Å²) in [5.74, 6) is -0.0257. The van der Waals surface area contributed by atoms with E-state index in [9.17, 15) is 9.59 Å². The number of piperazine rings is 1. The van der Waals surface area contributed by atoms with Crippen molar-refractivity contribution in [1.82, 2.24) is 19.7 Å². The van der Waals surface area contributed by atoms with Crippen molar-refractivity contribution in [2.24, 2.45) is 0 Å². The zero-order valence-electron chi connectivity index (χ0n) is 17.6. The lowest BCUT2D eigenvalue weighted by molar-refractivity contribution is 0.0742. The van der Waals surface area contributed by atoms with E-state index >= 15 is 0 Å². The molecule has 8 heteroatoms. The Morgan fingerprint density at radius 2 is 1.78 bits per heavy atom. The third-order valence-electron chi connectivity index (χ3n) is 5.82. The Morgan fingerprint density at radius 1 is 1.03 bits per heavy atom. The van der Waals surface area contributed by atoms with E-state index in [1.165, 1.54) is 4.68 Å². The molecule has 1 aliphatic heterocycles. The summed E-state index contributed by atoms with van der Waals surface area (Å²) >= 11 is 6.43. The molecule has 0 bridgehead atoms. The largest absolute Gasteiger partial charge is 0.365 e. The van der Waals surface area contributed by atoms with Crippen molar-refractivity contribution in [2.75, 3.05) is 31.1 Å². The van der Waals surface area contributed by atoms with Crippen LogP contribution in [0.4, 0.5) is 5.69 Å². The first kappa shape index (κ1) is 20.3. The molecule has 0 unspecified atom stereocenters. The fourth-order valence-electron chi connectivity index (χ4n) is 4.07. The molecule has 1 aliphatic rings. The molecule has 0 saturated carbocycles. The number of rotatable bonds is 3. The molecule has 4 aromatic rings. The van der Waals surface area contributed by atoms with Crippen molar-refractivity contribution in [3.63, 3.8) is 0 Å². The summed E-state index contributed by atoms with van der Waals surface area (Å²) in [4.78, 5) is 32.8. The van der Waals surface area contributed by atoms with E-state index in [2.05, 4.69) is 10.1 Å². The van der Waals surface area contributed by atoms with Gasteiger partial charge in [-0.2, -0.15) is 9.78 Å². The number of benzene rings is 2. The highest BCUT2D eigenvalue weighted by atomic mass is 35.5. The zero-order valence-corrected chi connectivity index (χ0v) is 18.3. The Morgan fingerprint density at radius 3 is 2.53 bits per heavy atom. The van der Waals surface area contributed by atoms with E-state index in [1.807, 2.05) is 59.2 Å². The predicted octanol–water partition coefficient (Wildman–Crippen LogP) is 3.64. The van der Waals surface area contributed by atoms with Crippen LogP contribution in [-0.4, -0.2) is 51.8 Å². The van der Waals surface area contributed by atoms with E-state index in [4.69, 9.17) is 11.6 Å². The maximum Gasteiger partial charge on any atom is 0.292 e. The molecule has 0 atom stereocenters. The molecule has 0 radical (unpaired) electrons. The summed E-state index contributed by atoms with van der Waals surface area (Å²) in [6.45, 7) is 4.23. The van der Waals surface area contributed by atoms with Gasteiger partial charge < -0.3 is 14.8 Å². The van der Waals surface area contributed by atoms with Crippen LogP contribution in [0.25, 0.3) is 16.6 Å². The molecule has 0 aliphatic carbocycles. The van der Waals surface area contributed by atoms with Crippen LogP contribution in [0.1, 0.15) is 16.1 Å². The lowest BCUT2D eigenvalue weighted by atomic mass is 10.2. The Balaban J connectivity index is 1.31. The van der Waals surface area contributed by atoms with Crippen LogP contribution in [-0.2, 0) is 0 Å². The average Bonchev–Trinajstić information content (AvgIpc) is 3.24. The van der Waals surface area contributed by atoms with Gasteiger partial charge in [-0.05, 0) is 36.8 Å². The Labute approximate surface area is 189 Å². The van der Waals surface area contributed by atoms with E-state index in [0.717, 1.165) is 16.5 Å². The number of carbonyl (C=O) groups is 1. The van der Waals surface area contributed by atoms with Gasteiger partial charge in [-0.3, -0.25) is 9.59 Å². The molecule has 162 valence electrons. The number of nitrogens with zero attached hydrogens (tertiary/aromatic N) is 4. The first-order valence-electron chi connectivity index (χ1n) is 10.5. The van der Waals surface area contributed by atoms with Crippen LogP contribution in [0, 0.1) is 6.92 Å². The molecule has 32 heavy (non-hydrogen) atoms. The van der Waals surface area contributed by atoms with Crippen molar-refractivity contribution in [1.29, 1.82) is 0 Å². The maximum atomic E-state index is 13.0. The second-order valence-corrected chi connectivity index (χ2v) is 8.33. The average molecular weight is 448 g/mol. The maximum absolute atomic E-state index is 13.0. The summed E-state index contributed by atoms with van der Waals surface area (Å²) in [7, 11) is 0. The third-order valence-corrected chi connectivity index (χ3v) is 6.17. The number of fused-ring (bicyclic) bond motifs is 1. The van der Waals surface area contributed by atoms with Gasteiger partial charge >= 0.3 is 0 Å². The second-order valence-electron chi connectivity index (χ2n) is 7.95. The molecule has 3 heterocycles. The molecule has 7 nitrogen and oxygen atoms in total. The van der Waals surface area contributed by atoms with Gasteiger partial charge in [-0.1, -0.05) is 41.9 Å². The zero-order chi connectivity index (χ0) is 22.2. The van der Waals surface area contributed by atoms with Crippen LogP contribution < -0.4 is 10.5 Å². The number of aryl methyl sites for hydroxylation is 1. The second kappa shape index (κ2) is 8.16. The van der Waals surface area contributed by atoms with Crippen molar-refractivity contribution in [3.8, 4) is 5.69 Å². The summed E-state index contributed by atoms with van der Waals surface area (Å²) in [5, 5.41) is 5.47. The van der Waals surface area contributed by atoms with E-state index in [-0.39, 0.29) is 16.5 Å². The lowest BCUT2D eigenvalue weighted by Gasteiger charge is -2.36. The molecule has 2 aromatic heterocycles. The van der Waals surface area contributed by atoms with Gasteiger partial charge in [0.2, 0.25) is 0 Å². The van der Waals surface area contributed by atoms with Gasteiger partial charge in [0, 0.05) is 37.1 Å². The molecule has 0 spiro atoms. The number of nitrogens with one attached hydrogen (secondary N) is 1. The topological polar surface area (TPSA) is 74.2 Å². The number of para-hydroxylation sites is 1. The van der Waals surface area contributed by atoms with Crippen molar-refractivity contribution < 1.29 is 4.79 Å².